The van der Waals surface area contributed by atoms with Crippen molar-refractivity contribution in [3.8, 4) is 11.3 Å². The molecule has 33 heavy (non-hydrogen) atoms. The number of hydrogen-bond acceptors (Lipinski definition) is 3. The van der Waals surface area contributed by atoms with Crippen molar-refractivity contribution < 1.29 is 4.79 Å². The fourth-order valence-electron chi connectivity index (χ4n) is 4.74. The van der Waals surface area contributed by atoms with E-state index in [4.69, 9.17) is 0 Å². The van der Waals surface area contributed by atoms with Gasteiger partial charge in [0.25, 0.3) is 0 Å². The zero-order valence-electron chi connectivity index (χ0n) is 18.7. The average molecular weight is 436 g/mol. The Bertz CT molecular complexity index is 1100. The summed E-state index contributed by atoms with van der Waals surface area (Å²) in [6.07, 6.45) is 11.2. The van der Waals surface area contributed by atoms with E-state index in [1.54, 1.807) is 0 Å². The number of likely N-dealkylation sites (tertiary alicyclic amines) is 1. The molecule has 3 aromatic rings. The lowest BCUT2D eigenvalue weighted by Crippen LogP contribution is -2.46. The van der Waals surface area contributed by atoms with Gasteiger partial charge >= 0.3 is 0 Å². The monoisotopic (exact) mass is 435 g/mol. The van der Waals surface area contributed by atoms with E-state index in [1.165, 1.54) is 5.56 Å². The Balaban J connectivity index is 1.28. The maximum absolute atomic E-state index is 13.6. The summed E-state index contributed by atoms with van der Waals surface area (Å²) in [6.45, 7) is 2.25. The van der Waals surface area contributed by atoms with Crippen molar-refractivity contribution in [1.82, 2.24) is 15.2 Å². The number of fused-ring (bicyclic) bond motifs is 1. The Hall–Kier alpha value is -3.50. The molecule has 5 rings (SSSR count). The van der Waals surface area contributed by atoms with Crippen molar-refractivity contribution in [2.24, 2.45) is 11.8 Å². The molecule has 1 aromatic heterocycles. The highest BCUT2D eigenvalue weighted by Gasteiger charge is 2.35. The quantitative estimate of drug-likeness (QED) is 0.588. The van der Waals surface area contributed by atoms with Gasteiger partial charge in [-0.25, -0.2) is 0 Å². The third-order valence-corrected chi connectivity index (χ3v) is 6.60. The first-order valence-corrected chi connectivity index (χ1v) is 11.7. The number of nitrogens with one attached hydrogen (secondary N) is 1. The summed E-state index contributed by atoms with van der Waals surface area (Å²) in [5.74, 6) is 1.08. The molecule has 0 bridgehead atoms. The van der Waals surface area contributed by atoms with Gasteiger partial charge in [0.05, 0.1) is 11.7 Å². The van der Waals surface area contributed by atoms with E-state index >= 15 is 0 Å². The number of amides is 1. The second kappa shape index (κ2) is 9.97. The predicted molar refractivity (Wildman–Crippen MR) is 132 cm³/mol. The Morgan fingerprint density at radius 2 is 1.58 bits per heavy atom. The van der Waals surface area contributed by atoms with Crippen molar-refractivity contribution in [2.45, 2.75) is 19.0 Å². The average Bonchev–Trinajstić information content (AvgIpc) is 3.32. The molecule has 1 amide bonds. The van der Waals surface area contributed by atoms with Crippen LogP contribution in [0.5, 0.6) is 0 Å². The van der Waals surface area contributed by atoms with Crippen LogP contribution in [0.1, 0.15) is 11.1 Å². The van der Waals surface area contributed by atoms with Crippen LogP contribution in [0, 0.1) is 11.8 Å². The van der Waals surface area contributed by atoms with Crippen molar-refractivity contribution in [2.75, 3.05) is 13.1 Å². The fourth-order valence-corrected chi connectivity index (χ4v) is 4.74. The van der Waals surface area contributed by atoms with Crippen LogP contribution >= 0.6 is 0 Å². The van der Waals surface area contributed by atoms with E-state index in [9.17, 15) is 4.79 Å². The molecular weight excluding hydrogens is 406 g/mol. The van der Waals surface area contributed by atoms with Crippen LogP contribution in [0.3, 0.4) is 0 Å². The number of rotatable bonds is 7. The summed E-state index contributed by atoms with van der Waals surface area (Å²) < 4.78 is 0. The van der Waals surface area contributed by atoms with E-state index in [1.807, 2.05) is 47.5 Å². The van der Waals surface area contributed by atoms with Gasteiger partial charge in [-0.3, -0.25) is 9.78 Å². The first-order valence-electron chi connectivity index (χ1n) is 11.7. The number of carbonyl (C=O) groups is 1. The highest BCUT2D eigenvalue weighted by molar-refractivity contribution is 5.82. The molecule has 0 saturated carbocycles. The van der Waals surface area contributed by atoms with Crippen LogP contribution in [-0.2, 0) is 17.8 Å². The number of allylic oxidation sites excluding steroid dienone is 2. The standard InChI is InChI=1S/C29H29N3O/c33-29(32-20-25-10-4-5-11-26(25)21-32)28(18-22-8-2-1-3-9-22)31-19-23-13-15-24(16-14-23)27-12-6-7-17-30-27/h1-17,25-26,28,31H,18-21H2. The van der Waals surface area contributed by atoms with Crippen molar-refractivity contribution >= 4 is 5.91 Å². The van der Waals surface area contributed by atoms with Gasteiger partial charge in [-0.1, -0.05) is 85.0 Å². The molecule has 1 fully saturated rings. The van der Waals surface area contributed by atoms with E-state index in [2.05, 4.69) is 71.0 Å². The van der Waals surface area contributed by atoms with Crippen LogP contribution in [-0.4, -0.2) is 34.9 Å². The molecule has 2 aliphatic rings. The van der Waals surface area contributed by atoms with Gasteiger partial charge in [-0.2, -0.15) is 0 Å². The third kappa shape index (κ3) is 5.12. The van der Waals surface area contributed by atoms with E-state index in [-0.39, 0.29) is 11.9 Å². The lowest BCUT2D eigenvalue weighted by atomic mass is 9.92. The van der Waals surface area contributed by atoms with Gasteiger partial charge < -0.3 is 10.2 Å². The predicted octanol–water partition coefficient (Wildman–Crippen LogP) is 4.65. The Kier molecular flexibility index (Phi) is 6.45. The number of hydrogen-bond donors (Lipinski definition) is 1. The van der Waals surface area contributed by atoms with Crippen LogP contribution < -0.4 is 5.32 Å². The maximum Gasteiger partial charge on any atom is 0.240 e. The summed E-state index contributed by atoms with van der Waals surface area (Å²) in [4.78, 5) is 20.0. The molecule has 2 heterocycles. The summed E-state index contributed by atoms with van der Waals surface area (Å²) in [5.41, 5.74) is 4.39. The number of nitrogens with zero attached hydrogens (tertiary/aromatic N) is 2. The Labute approximate surface area is 195 Å². The molecule has 4 heteroatoms. The van der Waals surface area contributed by atoms with Crippen LogP contribution in [0.4, 0.5) is 0 Å². The summed E-state index contributed by atoms with van der Waals surface area (Å²) in [5, 5.41) is 3.56. The number of benzene rings is 2. The summed E-state index contributed by atoms with van der Waals surface area (Å²) >= 11 is 0. The van der Waals surface area contributed by atoms with Crippen molar-refractivity contribution in [1.29, 1.82) is 0 Å². The number of carbonyl (C=O) groups excluding carboxylic acids is 1. The molecule has 2 aromatic carbocycles. The van der Waals surface area contributed by atoms with E-state index in [0.717, 1.165) is 29.9 Å². The van der Waals surface area contributed by atoms with Crippen LogP contribution in [0.2, 0.25) is 0 Å². The molecule has 1 aliphatic heterocycles. The molecule has 1 N–H and O–H groups in total. The molecule has 166 valence electrons. The highest BCUT2D eigenvalue weighted by atomic mass is 16.2. The van der Waals surface area contributed by atoms with Gasteiger partial charge in [0.1, 0.15) is 0 Å². The van der Waals surface area contributed by atoms with Gasteiger partial charge in [-0.15, -0.1) is 0 Å². The first-order chi connectivity index (χ1) is 16.3. The van der Waals surface area contributed by atoms with E-state index in [0.29, 0.717) is 24.8 Å². The molecule has 0 radical (unpaired) electrons. The molecule has 4 nitrogen and oxygen atoms in total. The minimum atomic E-state index is -0.254. The normalized spacial score (nSPS) is 19.9. The van der Waals surface area contributed by atoms with Crippen molar-refractivity contribution in [3.63, 3.8) is 0 Å². The van der Waals surface area contributed by atoms with Crippen LogP contribution in [0.25, 0.3) is 11.3 Å². The van der Waals surface area contributed by atoms with Gasteiger partial charge in [0, 0.05) is 43.2 Å². The minimum absolute atomic E-state index is 0.195. The van der Waals surface area contributed by atoms with Crippen molar-refractivity contribution in [3.05, 3.63) is 114 Å². The van der Waals surface area contributed by atoms with Crippen LogP contribution in [0.15, 0.2) is 103 Å². The number of pyridine rings is 1. The molecule has 0 spiro atoms. The molecular formula is C29H29N3O. The lowest BCUT2D eigenvalue weighted by Gasteiger charge is -2.25. The molecule has 1 saturated heterocycles. The molecule has 3 atom stereocenters. The largest absolute Gasteiger partial charge is 0.340 e. The number of aromatic nitrogens is 1. The fraction of sp³-hybridized carbons (Fsp3) is 0.241. The topological polar surface area (TPSA) is 45.2 Å². The van der Waals surface area contributed by atoms with Gasteiger partial charge in [0.2, 0.25) is 5.91 Å². The third-order valence-electron chi connectivity index (χ3n) is 6.60. The first kappa shape index (κ1) is 21.4. The second-order valence-corrected chi connectivity index (χ2v) is 8.88. The summed E-state index contributed by atoms with van der Waals surface area (Å²) in [6, 6.07) is 24.4. The molecule has 1 aliphatic carbocycles. The minimum Gasteiger partial charge on any atom is -0.340 e. The van der Waals surface area contributed by atoms with Gasteiger partial charge in [-0.05, 0) is 29.7 Å². The van der Waals surface area contributed by atoms with E-state index < -0.39 is 0 Å². The lowest BCUT2D eigenvalue weighted by molar-refractivity contribution is -0.132. The zero-order valence-corrected chi connectivity index (χ0v) is 18.7. The second-order valence-electron chi connectivity index (χ2n) is 8.88. The Morgan fingerprint density at radius 1 is 0.879 bits per heavy atom. The Morgan fingerprint density at radius 3 is 2.24 bits per heavy atom. The zero-order chi connectivity index (χ0) is 22.5. The SMILES string of the molecule is O=C(C(Cc1ccccc1)NCc1ccc(-c2ccccn2)cc1)N1CC2C=CC=CC2C1. The van der Waals surface area contributed by atoms with Gasteiger partial charge in [0.15, 0.2) is 0 Å². The highest BCUT2D eigenvalue weighted by Crippen LogP contribution is 2.29. The maximum atomic E-state index is 13.6. The molecule has 3 unspecified atom stereocenters. The smallest absolute Gasteiger partial charge is 0.240 e. The summed E-state index contributed by atoms with van der Waals surface area (Å²) in [7, 11) is 0.